The topological polar surface area (TPSA) is 38.3 Å². The number of rotatable bonds is 2. The van der Waals surface area contributed by atoms with Crippen LogP contribution < -0.4 is 10.1 Å². The number of hydrogen-bond acceptors (Lipinski definition) is 2. The van der Waals surface area contributed by atoms with Crippen molar-refractivity contribution >= 4 is 11.8 Å². The number of anilines is 1. The summed E-state index contributed by atoms with van der Waals surface area (Å²) < 4.78 is 55.3. The number of para-hydroxylation sites is 1. The Balaban J connectivity index is 2.12. The van der Waals surface area contributed by atoms with Gasteiger partial charge in [0.15, 0.2) is 0 Å². The van der Waals surface area contributed by atoms with Gasteiger partial charge in [0, 0.05) is 11.8 Å². The Labute approximate surface area is 117 Å². The molecule has 0 unspecified atom stereocenters. The molecule has 7 heteroatoms. The van der Waals surface area contributed by atoms with E-state index in [9.17, 15) is 22.4 Å². The highest BCUT2D eigenvalue weighted by molar-refractivity contribution is 5.86. The largest absolute Gasteiger partial charge is 0.417 e. The van der Waals surface area contributed by atoms with Crippen LogP contribution >= 0.6 is 0 Å². The van der Waals surface area contributed by atoms with Crippen LogP contribution in [0.3, 0.4) is 0 Å². The van der Waals surface area contributed by atoms with Gasteiger partial charge in [-0.15, -0.1) is 0 Å². The summed E-state index contributed by atoms with van der Waals surface area (Å²) in [4.78, 5) is 11.5. The maximum Gasteiger partial charge on any atom is 0.417 e. The molecule has 0 spiro atoms. The van der Waals surface area contributed by atoms with E-state index in [-0.39, 0.29) is 0 Å². The van der Waals surface area contributed by atoms with E-state index in [0.29, 0.717) is 23.9 Å². The fourth-order valence-electron chi connectivity index (χ4n) is 1.56. The average Bonchev–Trinajstić information content (AvgIpc) is 2.37. The standard InChI is InChI=1S/C14H9F4NO2/c15-10-6-9(14(16,17)18)7-12(8-10)21-13(20)19-11-4-2-1-3-5-11/h1-8H,(H,19,20). The number of carbonyl (C=O) groups is 1. The lowest BCUT2D eigenvalue weighted by atomic mass is 10.2. The molecule has 2 aromatic rings. The second-order valence-electron chi connectivity index (χ2n) is 4.05. The molecule has 3 nitrogen and oxygen atoms in total. The Morgan fingerprint density at radius 2 is 1.71 bits per heavy atom. The summed E-state index contributed by atoms with van der Waals surface area (Å²) in [5, 5.41) is 2.30. The number of alkyl halides is 3. The average molecular weight is 299 g/mol. The van der Waals surface area contributed by atoms with E-state index in [1.54, 1.807) is 30.3 Å². The molecule has 21 heavy (non-hydrogen) atoms. The Hall–Kier alpha value is -2.57. The van der Waals surface area contributed by atoms with Gasteiger partial charge in [0.05, 0.1) is 5.56 Å². The minimum Gasteiger partial charge on any atom is -0.410 e. The van der Waals surface area contributed by atoms with Crippen molar-refractivity contribution in [3.05, 3.63) is 59.9 Å². The molecule has 0 saturated carbocycles. The summed E-state index contributed by atoms with van der Waals surface area (Å²) in [6.07, 6.45) is -5.74. The number of amides is 1. The van der Waals surface area contributed by atoms with Crippen LogP contribution in [-0.2, 0) is 6.18 Å². The number of benzene rings is 2. The minimum absolute atomic E-state index is 0.321. The molecule has 0 atom stereocenters. The van der Waals surface area contributed by atoms with Crippen molar-refractivity contribution in [1.29, 1.82) is 0 Å². The van der Waals surface area contributed by atoms with Crippen LogP contribution in [0, 0.1) is 5.82 Å². The van der Waals surface area contributed by atoms with E-state index < -0.39 is 29.4 Å². The van der Waals surface area contributed by atoms with Gasteiger partial charge < -0.3 is 4.74 Å². The first-order valence-electron chi connectivity index (χ1n) is 5.76. The lowest BCUT2D eigenvalue weighted by Gasteiger charge is -2.10. The van der Waals surface area contributed by atoms with Crippen LogP contribution in [0.4, 0.5) is 28.0 Å². The van der Waals surface area contributed by atoms with E-state index in [0.717, 1.165) is 0 Å². The van der Waals surface area contributed by atoms with Crippen molar-refractivity contribution < 1.29 is 27.1 Å². The fourth-order valence-corrected chi connectivity index (χ4v) is 1.56. The van der Waals surface area contributed by atoms with Gasteiger partial charge in [-0.25, -0.2) is 9.18 Å². The van der Waals surface area contributed by atoms with Gasteiger partial charge in [-0.1, -0.05) is 18.2 Å². The van der Waals surface area contributed by atoms with Crippen molar-refractivity contribution in [3.63, 3.8) is 0 Å². The summed E-state index contributed by atoms with van der Waals surface area (Å²) >= 11 is 0. The first kappa shape index (κ1) is 14.8. The van der Waals surface area contributed by atoms with E-state index in [1.807, 2.05) is 0 Å². The molecule has 0 saturated heterocycles. The molecular formula is C14H9F4NO2. The zero-order chi connectivity index (χ0) is 15.5. The maximum absolute atomic E-state index is 13.1. The molecule has 0 heterocycles. The number of hydrogen-bond donors (Lipinski definition) is 1. The summed E-state index contributed by atoms with van der Waals surface area (Å²) in [5.74, 6) is -1.68. The maximum atomic E-state index is 13.1. The van der Waals surface area contributed by atoms with Crippen LogP contribution in [-0.4, -0.2) is 6.09 Å². The van der Waals surface area contributed by atoms with Gasteiger partial charge in [0.1, 0.15) is 11.6 Å². The lowest BCUT2D eigenvalue weighted by molar-refractivity contribution is -0.137. The monoisotopic (exact) mass is 299 g/mol. The van der Waals surface area contributed by atoms with Crippen LogP contribution in [0.5, 0.6) is 5.75 Å². The molecule has 0 aliphatic carbocycles. The van der Waals surface area contributed by atoms with Crippen molar-refractivity contribution in [3.8, 4) is 5.75 Å². The number of halogens is 4. The molecule has 0 aromatic heterocycles. The molecule has 1 N–H and O–H groups in total. The lowest BCUT2D eigenvalue weighted by Crippen LogP contribution is -2.17. The molecule has 1 amide bonds. The fraction of sp³-hybridized carbons (Fsp3) is 0.0714. The highest BCUT2D eigenvalue weighted by Gasteiger charge is 2.31. The minimum atomic E-state index is -4.73. The molecule has 0 aliphatic heterocycles. The second-order valence-corrected chi connectivity index (χ2v) is 4.05. The third-order valence-electron chi connectivity index (χ3n) is 2.43. The van der Waals surface area contributed by atoms with Crippen LogP contribution in [0.2, 0.25) is 0 Å². The quantitative estimate of drug-likeness (QED) is 0.832. The summed E-state index contributed by atoms with van der Waals surface area (Å²) in [6.45, 7) is 0. The van der Waals surface area contributed by atoms with Crippen molar-refractivity contribution in [2.24, 2.45) is 0 Å². The van der Waals surface area contributed by atoms with Crippen LogP contribution in [0.25, 0.3) is 0 Å². The molecule has 0 aliphatic rings. The first-order chi connectivity index (χ1) is 9.84. The van der Waals surface area contributed by atoms with E-state index in [4.69, 9.17) is 0 Å². The summed E-state index contributed by atoms with van der Waals surface area (Å²) in [6, 6.07) is 9.72. The van der Waals surface area contributed by atoms with Crippen molar-refractivity contribution in [1.82, 2.24) is 0 Å². The third-order valence-corrected chi connectivity index (χ3v) is 2.43. The summed E-state index contributed by atoms with van der Waals surface area (Å²) in [5.41, 5.74) is -0.833. The first-order valence-corrected chi connectivity index (χ1v) is 5.76. The Morgan fingerprint density at radius 3 is 2.33 bits per heavy atom. The predicted molar refractivity (Wildman–Crippen MR) is 67.5 cm³/mol. The molecule has 0 fully saturated rings. The number of nitrogens with one attached hydrogen (secondary N) is 1. The molecule has 2 rings (SSSR count). The predicted octanol–water partition coefficient (Wildman–Crippen LogP) is 4.46. The van der Waals surface area contributed by atoms with Crippen molar-refractivity contribution in [2.75, 3.05) is 5.32 Å². The Bertz CT molecular complexity index is 641. The smallest absolute Gasteiger partial charge is 0.410 e. The van der Waals surface area contributed by atoms with Gasteiger partial charge in [-0.3, -0.25) is 5.32 Å². The molecule has 0 radical (unpaired) electrons. The van der Waals surface area contributed by atoms with E-state index in [1.165, 1.54) is 0 Å². The van der Waals surface area contributed by atoms with Crippen LogP contribution in [0.15, 0.2) is 48.5 Å². The highest BCUT2D eigenvalue weighted by atomic mass is 19.4. The number of carbonyl (C=O) groups excluding carboxylic acids is 1. The third kappa shape index (κ3) is 4.20. The Kier molecular flexibility index (Phi) is 4.11. The molecule has 110 valence electrons. The normalized spacial score (nSPS) is 11.0. The van der Waals surface area contributed by atoms with Crippen LogP contribution in [0.1, 0.15) is 5.56 Å². The zero-order valence-corrected chi connectivity index (χ0v) is 10.4. The molecular weight excluding hydrogens is 290 g/mol. The molecule has 2 aromatic carbocycles. The summed E-state index contributed by atoms with van der Waals surface area (Å²) in [7, 11) is 0. The van der Waals surface area contributed by atoms with Crippen molar-refractivity contribution in [2.45, 2.75) is 6.18 Å². The van der Waals surface area contributed by atoms with Gasteiger partial charge in [-0.05, 0) is 24.3 Å². The van der Waals surface area contributed by atoms with E-state index in [2.05, 4.69) is 10.1 Å². The van der Waals surface area contributed by atoms with Gasteiger partial charge in [-0.2, -0.15) is 13.2 Å². The Morgan fingerprint density at radius 1 is 1.05 bits per heavy atom. The van der Waals surface area contributed by atoms with Gasteiger partial charge >= 0.3 is 12.3 Å². The number of ether oxygens (including phenoxy) is 1. The highest BCUT2D eigenvalue weighted by Crippen LogP contribution is 2.32. The zero-order valence-electron chi connectivity index (χ0n) is 10.4. The van der Waals surface area contributed by atoms with E-state index >= 15 is 0 Å². The van der Waals surface area contributed by atoms with Gasteiger partial charge in [0.25, 0.3) is 0 Å². The SMILES string of the molecule is O=C(Nc1ccccc1)Oc1cc(F)cc(C(F)(F)F)c1. The van der Waals surface area contributed by atoms with Gasteiger partial charge in [0.2, 0.25) is 0 Å². The second kappa shape index (κ2) is 5.82. The molecule has 0 bridgehead atoms.